The first-order valence-electron chi connectivity index (χ1n) is 12.0. The maximum Gasteiger partial charge on any atom is 1.00 e. The van der Waals surface area contributed by atoms with Crippen LogP contribution >= 0.6 is 0 Å². The molecule has 0 aliphatic carbocycles. The van der Waals surface area contributed by atoms with Crippen LogP contribution < -0.4 is 51.4 Å². The molecule has 0 aliphatic rings. The number of aliphatic hydroxyl groups excluding tert-OH is 1. The molecule has 0 fully saturated rings. The van der Waals surface area contributed by atoms with Gasteiger partial charge in [0.25, 0.3) is 0 Å². The number of hydrogen-bond acceptors (Lipinski definition) is 4. The first-order valence-corrected chi connectivity index (χ1v) is 13.5. The van der Waals surface area contributed by atoms with E-state index in [-0.39, 0.29) is 57.8 Å². The number of aliphatic hydroxyl groups is 1. The van der Waals surface area contributed by atoms with Gasteiger partial charge in [0.1, 0.15) is 0 Å². The minimum Gasteiger partial charge on any atom is -0.748 e. The Hall–Kier alpha value is 1.51. The van der Waals surface area contributed by atoms with Crippen LogP contribution in [0.4, 0.5) is 0 Å². The third-order valence-electron chi connectivity index (χ3n) is 5.79. The van der Waals surface area contributed by atoms with Gasteiger partial charge in [-0.2, -0.15) is 0 Å². The Morgan fingerprint density at radius 3 is 1.34 bits per heavy atom. The summed E-state index contributed by atoms with van der Waals surface area (Å²) in [5.41, 5.74) is 0. The van der Waals surface area contributed by atoms with Crippen LogP contribution in [0.1, 0.15) is 136 Å². The number of rotatable bonds is 21. The Morgan fingerprint density at radius 1 is 0.655 bits per heavy atom. The number of unbranched alkanes of at least 4 members (excludes halogenated alkanes) is 15. The second kappa shape index (κ2) is 22.7. The van der Waals surface area contributed by atoms with E-state index in [1.807, 2.05) is 0 Å². The molecule has 0 radical (unpaired) electrons. The van der Waals surface area contributed by atoms with Crippen molar-refractivity contribution in [1.82, 2.24) is 0 Å². The van der Waals surface area contributed by atoms with Crippen molar-refractivity contribution >= 4 is 10.1 Å². The molecule has 2 atom stereocenters. The molecule has 0 aromatic carbocycles. The van der Waals surface area contributed by atoms with Gasteiger partial charge in [-0.15, -0.1) is 0 Å². The molecule has 0 rings (SSSR count). The summed E-state index contributed by atoms with van der Waals surface area (Å²) in [7, 11) is -4.21. The summed E-state index contributed by atoms with van der Waals surface area (Å²) in [6.45, 7) is 3.69. The van der Waals surface area contributed by atoms with Crippen molar-refractivity contribution in [2.45, 2.75) is 147 Å². The molecule has 0 heterocycles. The molecular formula is C23H47KO4S. The summed E-state index contributed by atoms with van der Waals surface area (Å²) in [6.07, 6.45) is 22.1. The van der Waals surface area contributed by atoms with E-state index in [1.54, 1.807) is 0 Å². The number of hydrogen-bond donors (Lipinski definition) is 1. The molecule has 2 unspecified atom stereocenters. The van der Waals surface area contributed by atoms with Crippen molar-refractivity contribution in [2.24, 2.45) is 0 Å². The maximum absolute atomic E-state index is 10.8. The Morgan fingerprint density at radius 2 is 1.00 bits per heavy atom. The summed E-state index contributed by atoms with van der Waals surface area (Å²) in [5.74, 6) is 0. The molecule has 0 saturated carbocycles. The zero-order chi connectivity index (χ0) is 21.1. The molecule has 6 heteroatoms. The van der Waals surface area contributed by atoms with E-state index >= 15 is 0 Å². The van der Waals surface area contributed by atoms with E-state index in [2.05, 4.69) is 6.92 Å². The predicted molar refractivity (Wildman–Crippen MR) is 119 cm³/mol. The largest absolute Gasteiger partial charge is 1.00 e. The second-order valence-electron chi connectivity index (χ2n) is 8.63. The summed E-state index contributed by atoms with van der Waals surface area (Å²) >= 11 is 0. The van der Waals surface area contributed by atoms with Gasteiger partial charge in [0.15, 0.2) is 0 Å². The van der Waals surface area contributed by atoms with Crippen LogP contribution in [0.15, 0.2) is 0 Å². The third-order valence-corrected chi connectivity index (χ3v) is 7.01. The topological polar surface area (TPSA) is 77.4 Å². The Balaban J connectivity index is 0. The molecule has 0 aromatic rings. The molecule has 0 saturated heterocycles. The third kappa shape index (κ3) is 24.0. The zero-order valence-corrected chi connectivity index (χ0v) is 23.6. The van der Waals surface area contributed by atoms with Crippen LogP contribution in [0, 0.1) is 0 Å². The fourth-order valence-electron chi connectivity index (χ4n) is 3.64. The second-order valence-corrected chi connectivity index (χ2v) is 10.4. The predicted octanol–water partition coefficient (Wildman–Crippen LogP) is 3.72. The monoisotopic (exact) mass is 458 g/mol. The average Bonchev–Trinajstić information content (AvgIpc) is 2.64. The van der Waals surface area contributed by atoms with Gasteiger partial charge in [-0.25, -0.2) is 8.42 Å². The summed E-state index contributed by atoms with van der Waals surface area (Å²) in [4.78, 5) is 0. The van der Waals surface area contributed by atoms with Gasteiger partial charge in [0, 0.05) is 5.25 Å². The normalized spacial score (nSPS) is 13.8. The maximum atomic E-state index is 10.8. The van der Waals surface area contributed by atoms with Crippen molar-refractivity contribution in [3.8, 4) is 0 Å². The van der Waals surface area contributed by atoms with E-state index in [4.69, 9.17) is 0 Å². The molecule has 0 bridgehead atoms. The van der Waals surface area contributed by atoms with Crippen molar-refractivity contribution in [3.05, 3.63) is 0 Å². The fourth-order valence-corrected chi connectivity index (χ4v) is 4.07. The summed E-state index contributed by atoms with van der Waals surface area (Å²) in [5, 5.41) is 8.99. The van der Waals surface area contributed by atoms with E-state index in [9.17, 15) is 18.1 Å². The summed E-state index contributed by atoms with van der Waals surface area (Å²) < 4.78 is 32.5. The first-order chi connectivity index (χ1) is 13.4. The van der Waals surface area contributed by atoms with Crippen molar-refractivity contribution < 1.29 is 69.5 Å². The van der Waals surface area contributed by atoms with E-state index < -0.39 is 21.5 Å². The van der Waals surface area contributed by atoms with Gasteiger partial charge < -0.3 is 9.66 Å². The smallest absolute Gasteiger partial charge is 0.748 e. The van der Waals surface area contributed by atoms with Crippen molar-refractivity contribution in [1.29, 1.82) is 0 Å². The Kier molecular flexibility index (Phi) is 25.6. The standard InChI is InChI=1S/C23H48O4S.K/c1-3-4-5-6-7-8-9-10-11-12-13-14-15-16-17-18-19-23(24)21-20-22(2)28(25,26)27;/h22-24H,3-21H2,1-2H3,(H,25,26,27);/q;+1/p-1. The molecule has 4 nitrogen and oxygen atoms in total. The van der Waals surface area contributed by atoms with Crippen LogP contribution in [0.5, 0.6) is 0 Å². The van der Waals surface area contributed by atoms with Gasteiger partial charge in [-0.05, 0) is 26.2 Å². The molecule has 0 aromatic heterocycles. The molecule has 1 N–H and O–H groups in total. The molecule has 0 aliphatic heterocycles. The molecule has 170 valence electrons. The van der Waals surface area contributed by atoms with Crippen LogP contribution in [-0.4, -0.2) is 29.4 Å². The minimum absolute atomic E-state index is 0. The first kappa shape index (κ1) is 32.7. The van der Waals surface area contributed by atoms with E-state index in [1.165, 1.54) is 96.8 Å². The van der Waals surface area contributed by atoms with Crippen LogP contribution in [0.2, 0.25) is 0 Å². The molecular weight excluding hydrogens is 411 g/mol. The van der Waals surface area contributed by atoms with Crippen LogP contribution in [-0.2, 0) is 10.1 Å². The molecule has 0 amide bonds. The molecule has 0 spiro atoms. The quantitative estimate of drug-likeness (QED) is 0.162. The van der Waals surface area contributed by atoms with Gasteiger partial charge in [0.2, 0.25) is 0 Å². The van der Waals surface area contributed by atoms with Gasteiger partial charge in [0.05, 0.1) is 16.2 Å². The van der Waals surface area contributed by atoms with Gasteiger partial charge in [-0.1, -0.05) is 110 Å². The van der Waals surface area contributed by atoms with Gasteiger partial charge >= 0.3 is 51.4 Å². The SMILES string of the molecule is CCCCCCCCCCCCCCCCCCC(O)CCC(C)S(=O)(=O)[O-].[K+]. The zero-order valence-electron chi connectivity index (χ0n) is 19.7. The van der Waals surface area contributed by atoms with Gasteiger partial charge in [-0.3, -0.25) is 0 Å². The van der Waals surface area contributed by atoms with E-state index in [0.29, 0.717) is 12.8 Å². The van der Waals surface area contributed by atoms with Crippen LogP contribution in [0.3, 0.4) is 0 Å². The Bertz CT molecular complexity index is 429. The summed E-state index contributed by atoms with van der Waals surface area (Å²) in [6, 6.07) is 0. The minimum atomic E-state index is -4.21. The van der Waals surface area contributed by atoms with Crippen LogP contribution in [0.25, 0.3) is 0 Å². The van der Waals surface area contributed by atoms with E-state index in [0.717, 1.165) is 12.8 Å². The average molecular weight is 459 g/mol. The molecule has 29 heavy (non-hydrogen) atoms. The van der Waals surface area contributed by atoms with Crippen molar-refractivity contribution in [3.63, 3.8) is 0 Å². The Labute approximate surface area is 224 Å². The van der Waals surface area contributed by atoms with Crippen molar-refractivity contribution in [2.75, 3.05) is 0 Å². The fraction of sp³-hybridized carbons (Fsp3) is 1.00.